The molecule has 3 N–H and O–H groups in total. The molecular formula is C24H30N4O. The highest BCUT2D eigenvalue weighted by atomic mass is 16.2. The standard InChI is InChI=1S/C24H30N4O/c25-18-10-11-22-17(12-18)13-19(14-26-22)27-24(29)28-15-21(16-6-2-1-3-7-16)20-8-4-5-9-23(20)28/h1-3,6-7,13-14,18,20-21,23H,4-5,8-12,15,25H2,(H,27,29). The third-order valence-electron chi connectivity index (χ3n) is 7.13. The monoisotopic (exact) mass is 390 g/mol. The summed E-state index contributed by atoms with van der Waals surface area (Å²) in [5, 5.41) is 3.14. The number of carbonyl (C=O) groups is 1. The van der Waals surface area contributed by atoms with Crippen molar-refractivity contribution in [1.82, 2.24) is 9.88 Å². The van der Waals surface area contributed by atoms with Crippen LogP contribution in [0.1, 0.15) is 54.8 Å². The minimum atomic E-state index is 0.0159. The summed E-state index contributed by atoms with van der Waals surface area (Å²) in [4.78, 5) is 19.9. The number of benzene rings is 1. The van der Waals surface area contributed by atoms with E-state index >= 15 is 0 Å². The van der Waals surface area contributed by atoms with Gasteiger partial charge in [-0.2, -0.15) is 0 Å². The number of aromatic nitrogens is 1. The van der Waals surface area contributed by atoms with Crippen molar-refractivity contribution in [2.75, 3.05) is 11.9 Å². The summed E-state index contributed by atoms with van der Waals surface area (Å²) in [5.74, 6) is 1.00. The number of carbonyl (C=O) groups excluding carboxylic acids is 1. The molecule has 152 valence electrons. The molecule has 5 heteroatoms. The third kappa shape index (κ3) is 3.64. The van der Waals surface area contributed by atoms with Gasteiger partial charge in [0.2, 0.25) is 0 Å². The van der Waals surface area contributed by atoms with Gasteiger partial charge in [0.1, 0.15) is 0 Å². The number of pyridine rings is 1. The molecule has 2 fully saturated rings. The molecule has 1 saturated carbocycles. The summed E-state index contributed by atoms with van der Waals surface area (Å²) in [6.07, 6.45) is 9.38. The van der Waals surface area contributed by atoms with Crippen LogP contribution in [-0.4, -0.2) is 34.5 Å². The average Bonchev–Trinajstić information content (AvgIpc) is 3.14. The number of fused-ring (bicyclic) bond motifs is 2. The number of amides is 2. The molecule has 0 radical (unpaired) electrons. The van der Waals surface area contributed by atoms with Crippen LogP contribution in [0, 0.1) is 5.92 Å². The number of hydrogen-bond donors (Lipinski definition) is 2. The lowest BCUT2D eigenvalue weighted by atomic mass is 9.77. The molecule has 2 heterocycles. The average molecular weight is 391 g/mol. The summed E-state index contributed by atoms with van der Waals surface area (Å²) in [6.45, 7) is 0.800. The van der Waals surface area contributed by atoms with E-state index in [0.29, 0.717) is 17.9 Å². The maximum atomic E-state index is 13.2. The van der Waals surface area contributed by atoms with Gasteiger partial charge >= 0.3 is 6.03 Å². The quantitative estimate of drug-likeness (QED) is 0.811. The fraction of sp³-hybridized carbons (Fsp3) is 0.500. The highest BCUT2D eigenvalue weighted by Gasteiger charge is 2.45. The number of rotatable bonds is 2. The number of nitrogens with zero attached hydrogens (tertiary/aromatic N) is 2. The summed E-state index contributed by atoms with van der Waals surface area (Å²) in [5.41, 5.74) is 10.6. The van der Waals surface area contributed by atoms with Crippen molar-refractivity contribution < 1.29 is 4.79 Å². The van der Waals surface area contributed by atoms with Crippen molar-refractivity contribution in [1.29, 1.82) is 0 Å². The smallest absolute Gasteiger partial charge is 0.322 e. The van der Waals surface area contributed by atoms with Crippen molar-refractivity contribution in [2.24, 2.45) is 11.7 Å². The van der Waals surface area contributed by atoms with Crippen molar-refractivity contribution in [3.8, 4) is 0 Å². The molecule has 2 amide bonds. The second kappa shape index (κ2) is 7.79. The van der Waals surface area contributed by atoms with Crippen molar-refractivity contribution >= 4 is 11.7 Å². The summed E-state index contributed by atoms with van der Waals surface area (Å²) in [7, 11) is 0. The van der Waals surface area contributed by atoms with E-state index in [1.54, 1.807) is 6.20 Å². The van der Waals surface area contributed by atoms with Crippen LogP contribution in [0.4, 0.5) is 10.5 Å². The number of anilines is 1. The van der Waals surface area contributed by atoms with E-state index in [9.17, 15) is 4.79 Å². The van der Waals surface area contributed by atoms with E-state index in [1.807, 2.05) is 0 Å². The Morgan fingerprint density at radius 2 is 1.97 bits per heavy atom. The first-order chi connectivity index (χ1) is 14.2. The summed E-state index contributed by atoms with van der Waals surface area (Å²) in [6, 6.07) is 13.3. The lowest BCUT2D eigenvalue weighted by Gasteiger charge is -2.32. The third-order valence-corrected chi connectivity index (χ3v) is 7.13. The molecule has 0 bridgehead atoms. The highest BCUT2D eigenvalue weighted by molar-refractivity contribution is 5.90. The van der Waals surface area contributed by atoms with Gasteiger partial charge in [0.25, 0.3) is 0 Å². The SMILES string of the molecule is NC1CCc2ncc(NC(=O)N3CC(c4ccccc4)C4CCCCC43)cc2C1. The van der Waals surface area contributed by atoms with Crippen LogP contribution >= 0.6 is 0 Å². The van der Waals surface area contributed by atoms with Crippen LogP contribution in [0.25, 0.3) is 0 Å². The lowest BCUT2D eigenvalue weighted by Crippen LogP contribution is -2.41. The van der Waals surface area contributed by atoms with Crippen LogP contribution in [0.15, 0.2) is 42.6 Å². The van der Waals surface area contributed by atoms with Gasteiger partial charge < -0.3 is 16.0 Å². The number of aryl methyl sites for hydroxylation is 1. The zero-order chi connectivity index (χ0) is 19.8. The molecule has 5 rings (SSSR count). The van der Waals surface area contributed by atoms with Gasteiger partial charge in [0, 0.05) is 30.2 Å². The first kappa shape index (κ1) is 18.6. The number of hydrogen-bond acceptors (Lipinski definition) is 3. The van der Waals surface area contributed by atoms with E-state index in [4.69, 9.17) is 5.73 Å². The molecule has 3 aliphatic rings. The second-order valence-corrected chi connectivity index (χ2v) is 8.95. The van der Waals surface area contributed by atoms with Gasteiger partial charge in [0.05, 0.1) is 11.9 Å². The zero-order valence-electron chi connectivity index (χ0n) is 16.9. The minimum Gasteiger partial charge on any atom is -0.327 e. The number of urea groups is 1. The lowest BCUT2D eigenvalue weighted by molar-refractivity contribution is 0.181. The predicted molar refractivity (Wildman–Crippen MR) is 115 cm³/mol. The van der Waals surface area contributed by atoms with E-state index in [2.05, 4.69) is 51.6 Å². The largest absolute Gasteiger partial charge is 0.327 e. The maximum absolute atomic E-state index is 13.2. The highest BCUT2D eigenvalue weighted by Crippen LogP contribution is 2.45. The molecule has 1 aromatic heterocycles. The van der Waals surface area contributed by atoms with Crippen LogP contribution in [0.2, 0.25) is 0 Å². The van der Waals surface area contributed by atoms with Gasteiger partial charge in [-0.05, 0) is 55.2 Å². The second-order valence-electron chi connectivity index (χ2n) is 8.95. The van der Waals surface area contributed by atoms with Crippen LogP contribution in [0.3, 0.4) is 0 Å². The molecule has 4 unspecified atom stereocenters. The number of nitrogens with two attached hydrogens (primary N) is 1. The molecule has 1 aliphatic heterocycles. The van der Waals surface area contributed by atoms with Crippen molar-refractivity contribution in [2.45, 2.75) is 62.9 Å². The van der Waals surface area contributed by atoms with Crippen LogP contribution in [-0.2, 0) is 12.8 Å². The molecule has 1 aromatic carbocycles. The van der Waals surface area contributed by atoms with Crippen LogP contribution < -0.4 is 11.1 Å². The zero-order valence-corrected chi connectivity index (χ0v) is 16.9. The molecular weight excluding hydrogens is 360 g/mol. The number of likely N-dealkylation sites (tertiary alicyclic amines) is 1. The van der Waals surface area contributed by atoms with Crippen molar-refractivity contribution in [3.05, 3.63) is 59.4 Å². The Morgan fingerprint density at radius 3 is 2.83 bits per heavy atom. The molecule has 2 aliphatic carbocycles. The topological polar surface area (TPSA) is 71.2 Å². The first-order valence-corrected chi connectivity index (χ1v) is 11.0. The fourth-order valence-electron chi connectivity index (χ4n) is 5.68. The van der Waals surface area contributed by atoms with E-state index < -0.39 is 0 Å². The molecule has 2 aromatic rings. The Bertz CT molecular complexity index is 884. The normalized spacial score (nSPS) is 28.5. The van der Waals surface area contributed by atoms with Gasteiger partial charge in [0.15, 0.2) is 0 Å². The molecule has 29 heavy (non-hydrogen) atoms. The van der Waals surface area contributed by atoms with Crippen molar-refractivity contribution in [3.63, 3.8) is 0 Å². The summed E-state index contributed by atoms with van der Waals surface area (Å²) < 4.78 is 0. The molecule has 4 atom stereocenters. The maximum Gasteiger partial charge on any atom is 0.322 e. The van der Waals surface area contributed by atoms with Gasteiger partial charge in [-0.3, -0.25) is 4.98 Å². The fourth-order valence-corrected chi connectivity index (χ4v) is 5.68. The van der Waals surface area contributed by atoms with Crippen LogP contribution in [0.5, 0.6) is 0 Å². The minimum absolute atomic E-state index is 0.0159. The van der Waals surface area contributed by atoms with E-state index in [1.165, 1.54) is 30.4 Å². The molecule has 5 nitrogen and oxygen atoms in total. The molecule has 1 saturated heterocycles. The Hall–Kier alpha value is -2.40. The Balaban J connectivity index is 1.35. The number of nitrogens with one attached hydrogen (secondary N) is 1. The molecule has 0 spiro atoms. The first-order valence-electron chi connectivity index (χ1n) is 11.0. The van der Waals surface area contributed by atoms with Gasteiger partial charge in [-0.1, -0.05) is 43.2 Å². The Kier molecular flexibility index (Phi) is 5.00. The Labute approximate surface area is 172 Å². The van der Waals surface area contributed by atoms with E-state index in [0.717, 1.165) is 43.6 Å². The predicted octanol–water partition coefficient (Wildman–Crippen LogP) is 4.09. The Morgan fingerprint density at radius 1 is 1.14 bits per heavy atom. The summed E-state index contributed by atoms with van der Waals surface area (Å²) >= 11 is 0. The van der Waals surface area contributed by atoms with Gasteiger partial charge in [-0.15, -0.1) is 0 Å². The van der Waals surface area contributed by atoms with Gasteiger partial charge in [-0.25, -0.2) is 4.79 Å². The van der Waals surface area contributed by atoms with E-state index in [-0.39, 0.29) is 12.1 Å².